The fraction of sp³-hybridized carbons (Fsp3) is 0.593. The number of allylic oxidation sites excluding steroid dienone is 1. The summed E-state index contributed by atoms with van der Waals surface area (Å²) in [5.41, 5.74) is 10.4. The molecule has 5 unspecified atom stereocenters. The van der Waals surface area contributed by atoms with Crippen molar-refractivity contribution < 1.29 is 9.53 Å². The van der Waals surface area contributed by atoms with E-state index in [1.54, 1.807) is 0 Å². The van der Waals surface area contributed by atoms with Gasteiger partial charge in [-0.1, -0.05) is 24.3 Å². The van der Waals surface area contributed by atoms with E-state index in [-0.39, 0.29) is 11.3 Å². The van der Waals surface area contributed by atoms with Gasteiger partial charge in [-0.3, -0.25) is 20.5 Å². The number of carbonyl (C=O) groups is 1. The number of nitrogens with zero attached hydrogens (tertiary/aromatic N) is 1. The maximum absolute atomic E-state index is 12.9. The van der Waals surface area contributed by atoms with Crippen molar-refractivity contribution in [3.8, 4) is 0 Å². The molecule has 186 valence electrons. The lowest BCUT2D eigenvalue weighted by molar-refractivity contribution is -0.118. The SMILES string of the molecule is O=C1Nc2ccccc2[C@]12C[C@H]2C1CCC2C(/C=C/C3=CSC(CN4CCOCC4)N3)NNC2C1. The van der Waals surface area contributed by atoms with Crippen molar-refractivity contribution in [3.63, 3.8) is 0 Å². The molecular formula is C27H35N5O2S. The fourth-order valence-corrected chi connectivity index (χ4v) is 8.22. The van der Waals surface area contributed by atoms with Crippen molar-refractivity contribution in [1.29, 1.82) is 0 Å². The van der Waals surface area contributed by atoms with Gasteiger partial charge in [-0.15, -0.1) is 11.8 Å². The maximum Gasteiger partial charge on any atom is 0.235 e. The Balaban J connectivity index is 0.935. The first-order valence-electron chi connectivity index (χ1n) is 13.2. The lowest BCUT2D eigenvalue weighted by Gasteiger charge is -2.33. The molecule has 2 saturated carbocycles. The first-order valence-corrected chi connectivity index (χ1v) is 14.2. The largest absolute Gasteiger partial charge is 0.379 e. The highest BCUT2D eigenvalue weighted by molar-refractivity contribution is 8.03. The molecule has 1 amide bonds. The highest BCUT2D eigenvalue weighted by atomic mass is 32.2. The third kappa shape index (κ3) is 3.94. The van der Waals surface area contributed by atoms with E-state index in [0.29, 0.717) is 35.2 Å². The van der Waals surface area contributed by atoms with Crippen LogP contribution in [0.3, 0.4) is 0 Å². The number of thioether (sulfide) groups is 1. The summed E-state index contributed by atoms with van der Waals surface area (Å²) in [6.07, 6.45) is 9.19. The number of carbonyl (C=O) groups excluding carboxylic acids is 1. The Kier molecular flexibility index (Phi) is 5.70. The van der Waals surface area contributed by atoms with Gasteiger partial charge in [0, 0.05) is 43.1 Å². The number of ether oxygens (including phenoxy) is 1. The molecule has 8 heteroatoms. The van der Waals surface area contributed by atoms with Crippen LogP contribution in [0.2, 0.25) is 0 Å². The van der Waals surface area contributed by atoms with Crippen LogP contribution < -0.4 is 21.5 Å². The van der Waals surface area contributed by atoms with Gasteiger partial charge < -0.3 is 15.4 Å². The normalized spacial score (nSPS) is 40.5. The summed E-state index contributed by atoms with van der Waals surface area (Å²) in [6, 6.07) is 9.13. The van der Waals surface area contributed by atoms with E-state index in [9.17, 15) is 4.79 Å². The van der Waals surface area contributed by atoms with E-state index in [0.717, 1.165) is 51.4 Å². The Hall–Kier alpha value is -1.84. The van der Waals surface area contributed by atoms with Crippen LogP contribution in [0.4, 0.5) is 5.69 Å². The second-order valence-electron chi connectivity index (χ2n) is 11.1. The zero-order valence-corrected chi connectivity index (χ0v) is 20.9. The summed E-state index contributed by atoms with van der Waals surface area (Å²) in [7, 11) is 0. The van der Waals surface area contributed by atoms with Gasteiger partial charge in [0.15, 0.2) is 0 Å². The summed E-state index contributed by atoms with van der Waals surface area (Å²) in [5, 5.41) is 9.50. The average Bonchev–Trinajstić information content (AvgIpc) is 3.12. The molecule has 7 nitrogen and oxygen atoms in total. The molecule has 0 bridgehead atoms. The Morgan fingerprint density at radius 1 is 1.17 bits per heavy atom. The third-order valence-corrected chi connectivity index (χ3v) is 10.2. The fourth-order valence-electron chi connectivity index (χ4n) is 7.26. The molecule has 7 rings (SSSR count). The van der Waals surface area contributed by atoms with Crippen LogP contribution in [0.25, 0.3) is 0 Å². The number of benzene rings is 1. The summed E-state index contributed by atoms with van der Waals surface area (Å²) in [4.78, 5) is 15.4. The summed E-state index contributed by atoms with van der Waals surface area (Å²) >= 11 is 1.89. The molecule has 0 aromatic heterocycles. The molecule has 35 heavy (non-hydrogen) atoms. The van der Waals surface area contributed by atoms with Gasteiger partial charge in [0.05, 0.1) is 24.0 Å². The molecule has 0 radical (unpaired) electrons. The number of rotatable bonds is 5. The molecule has 7 atom stereocenters. The monoisotopic (exact) mass is 493 g/mol. The predicted octanol–water partition coefficient (Wildman–Crippen LogP) is 2.55. The number of hydrogen-bond acceptors (Lipinski definition) is 7. The lowest BCUT2D eigenvalue weighted by Crippen LogP contribution is -2.42. The van der Waals surface area contributed by atoms with Crippen molar-refractivity contribution in [3.05, 3.63) is 53.1 Å². The van der Waals surface area contributed by atoms with E-state index in [2.05, 4.69) is 56.1 Å². The van der Waals surface area contributed by atoms with Gasteiger partial charge in [-0.25, -0.2) is 0 Å². The van der Waals surface area contributed by atoms with Crippen molar-refractivity contribution in [1.82, 2.24) is 21.1 Å². The molecule has 1 aromatic carbocycles. The van der Waals surface area contributed by atoms with Crippen molar-refractivity contribution >= 4 is 23.4 Å². The van der Waals surface area contributed by atoms with Crippen LogP contribution in [0.5, 0.6) is 0 Å². The van der Waals surface area contributed by atoms with E-state index in [1.807, 2.05) is 23.9 Å². The first kappa shape index (κ1) is 22.4. The number of fused-ring (bicyclic) bond motifs is 3. The predicted molar refractivity (Wildman–Crippen MR) is 139 cm³/mol. The Labute approximate surface area is 211 Å². The number of nitrogens with one attached hydrogen (secondary N) is 4. The third-order valence-electron chi connectivity index (χ3n) is 9.18. The van der Waals surface area contributed by atoms with Gasteiger partial charge in [0.1, 0.15) is 0 Å². The number of anilines is 1. The number of amides is 1. The molecule has 2 saturated heterocycles. The second kappa shape index (κ2) is 8.92. The number of hydrogen-bond donors (Lipinski definition) is 4. The molecule has 4 fully saturated rings. The molecule has 4 heterocycles. The standard InChI is InChI=1S/C27H35N5O2S/c33-26-27(20-3-1-2-4-23(20)29-26)14-21(27)17-5-7-19-22(30-31-24(19)13-17)8-6-18-16-35-25(28-18)15-32-9-11-34-12-10-32/h1-4,6,8,16-17,19,21-22,24-25,28,30-31H,5,7,9-15H2,(H,29,33)/b8-6+/t17?,19?,21-,22?,24?,25?,27-/m0/s1. The zero-order chi connectivity index (χ0) is 23.4. The first-order chi connectivity index (χ1) is 17.2. The minimum absolute atomic E-state index is 0.228. The Morgan fingerprint density at radius 2 is 2.06 bits per heavy atom. The van der Waals surface area contributed by atoms with Gasteiger partial charge in [0.2, 0.25) is 5.91 Å². The minimum atomic E-state index is -0.254. The van der Waals surface area contributed by atoms with Crippen LogP contribution in [-0.2, 0) is 14.9 Å². The van der Waals surface area contributed by atoms with Gasteiger partial charge in [0.25, 0.3) is 0 Å². The number of para-hydroxylation sites is 1. The zero-order valence-electron chi connectivity index (χ0n) is 20.0. The molecule has 6 aliphatic rings. The molecule has 1 spiro atoms. The summed E-state index contributed by atoms with van der Waals surface area (Å²) < 4.78 is 5.47. The van der Waals surface area contributed by atoms with Crippen LogP contribution in [0.1, 0.15) is 31.2 Å². The molecule has 4 aliphatic heterocycles. The maximum atomic E-state index is 12.9. The van der Waals surface area contributed by atoms with E-state index in [4.69, 9.17) is 4.74 Å². The number of morpholine rings is 1. The minimum Gasteiger partial charge on any atom is -0.379 e. The van der Waals surface area contributed by atoms with Crippen LogP contribution in [0, 0.1) is 17.8 Å². The highest BCUT2D eigenvalue weighted by Crippen LogP contribution is 2.64. The molecule has 1 aromatic rings. The van der Waals surface area contributed by atoms with Crippen molar-refractivity contribution in [2.45, 2.75) is 48.6 Å². The summed E-state index contributed by atoms with van der Waals surface area (Å²) in [6.45, 7) is 4.82. The van der Waals surface area contributed by atoms with Crippen LogP contribution in [-0.4, -0.2) is 61.1 Å². The highest BCUT2D eigenvalue weighted by Gasteiger charge is 2.67. The smallest absolute Gasteiger partial charge is 0.235 e. The molecular weight excluding hydrogens is 458 g/mol. The van der Waals surface area contributed by atoms with E-state index >= 15 is 0 Å². The van der Waals surface area contributed by atoms with Gasteiger partial charge >= 0.3 is 0 Å². The molecule has 2 aliphatic carbocycles. The quantitative estimate of drug-likeness (QED) is 0.502. The summed E-state index contributed by atoms with van der Waals surface area (Å²) in [5.74, 6) is 1.94. The topological polar surface area (TPSA) is 77.7 Å². The molecule has 4 N–H and O–H groups in total. The Bertz CT molecular complexity index is 1060. The lowest BCUT2D eigenvalue weighted by atomic mass is 9.73. The van der Waals surface area contributed by atoms with Gasteiger partial charge in [-0.05, 0) is 66.6 Å². The van der Waals surface area contributed by atoms with E-state index < -0.39 is 0 Å². The van der Waals surface area contributed by atoms with Crippen LogP contribution in [0.15, 0.2) is 47.5 Å². The van der Waals surface area contributed by atoms with Crippen molar-refractivity contribution in [2.75, 3.05) is 38.2 Å². The van der Waals surface area contributed by atoms with Crippen LogP contribution >= 0.6 is 11.8 Å². The van der Waals surface area contributed by atoms with E-state index in [1.165, 1.54) is 24.1 Å². The Morgan fingerprint density at radius 3 is 2.97 bits per heavy atom. The van der Waals surface area contributed by atoms with Crippen molar-refractivity contribution in [2.24, 2.45) is 17.8 Å². The van der Waals surface area contributed by atoms with Gasteiger partial charge in [-0.2, -0.15) is 0 Å². The second-order valence-corrected chi connectivity index (χ2v) is 12.1. The average molecular weight is 494 g/mol. The number of hydrazine groups is 1.